The highest BCUT2D eigenvalue weighted by molar-refractivity contribution is 8.44. The Hall–Kier alpha value is -2.84. The fourth-order valence-corrected chi connectivity index (χ4v) is 7.86. The molecule has 21 heteroatoms. The first-order chi connectivity index (χ1) is 20.0. The molecule has 0 radical (unpaired) electrons. The monoisotopic (exact) mass is 647 g/mol. The third-order valence-electron chi connectivity index (χ3n) is 6.93. The summed E-state index contributed by atoms with van der Waals surface area (Å²) in [5.41, 5.74) is 11.1. The molecule has 4 aromatic rings. The number of nitrogens with one attached hydrogen (secondary N) is 1. The predicted molar refractivity (Wildman–Crippen MR) is 149 cm³/mol. The number of alkyl halides is 2. The number of aliphatic hydroxyl groups excluding tert-OH is 2. The van der Waals surface area contributed by atoms with Gasteiger partial charge < -0.3 is 31.0 Å². The third-order valence-corrected chi connectivity index (χ3v) is 10.1. The summed E-state index contributed by atoms with van der Waals surface area (Å²) in [7, 11) is 0. The van der Waals surface area contributed by atoms with E-state index in [0.29, 0.717) is 5.39 Å². The van der Waals surface area contributed by atoms with Crippen LogP contribution in [0.4, 0.5) is 20.5 Å². The first-order valence-electron chi connectivity index (χ1n) is 12.3. The number of hydrogen-bond acceptors (Lipinski definition) is 14. The SMILES string of the molecule is Nc1nc2c(ncn2[C@@H]2S[C@H](CO)[C@H](F)[C@H]2O[P@](=O)(S)OC[C@H]2O[C@@H](n3ccc4c(N)ncnc43)[C@@H](F)[C@@H]2O)c(=O)[nH]1. The lowest BCUT2D eigenvalue weighted by Crippen LogP contribution is -2.33. The van der Waals surface area contributed by atoms with Crippen LogP contribution >= 0.6 is 30.8 Å². The first kappa shape index (κ1) is 29.2. The van der Waals surface area contributed by atoms with E-state index in [9.17, 15) is 19.6 Å². The zero-order chi connectivity index (χ0) is 29.9. The summed E-state index contributed by atoms with van der Waals surface area (Å²) in [5.74, 6) is -0.0367. The molecule has 0 saturated carbocycles. The number of hydrogen-bond donors (Lipinski definition) is 6. The maximum atomic E-state index is 15.4. The molecule has 0 spiro atoms. The number of ether oxygens (including phenoxy) is 1. The molecule has 2 aliphatic heterocycles. The normalized spacial score (nSPS) is 31.3. The molecule has 0 amide bonds. The molecular weight excluding hydrogens is 623 g/mol. The van der Waals surface area contributed by atoms with Crippen molar-refractivity contribution in [3.63, 3.8) is 0 Å². The Kier molecular flexibility index (Phi) is 7.67. The van der Waals surface area contributed by atoms with Gasteiger partial charge in [0.2, 0.25) is 5.95 Å². The molecule has 4 aromatic heterocycles. The second-order valence-corrected chi connectivity index (χ2v) is 13.8. The minimum atomic E-state index is -4.40. The summed E-state index contributed by atoms with van der Waals surface area (Å²) in [6.07, 6.45) is -5.78. The Bertz CT molecular complexity index is 1740. The Morgan fingerprint density at radius 3 is 2.76 bits per heavy atom. The number of H-pyrrole nitrogens is 1. The molecule has 42 heavy (non-hydrogen) atoms. The van der Waals surface area contributed by atoms with Crippen molar-refractivity contribution in [3.05, 3.63) is 35.3 Å². The highest BCUT2D eigenvalue weighted by atomic mass is 32.7. The topological polar surface area (TPSA) is 232 Å². The maximum absolute atomic E-state index is 15.4. The summed E-state index contributed by atoms with van der Waals surface area (Å²) in [5, 5.41) is 18.6. The lowest BCUT2D eigenvalue weighted by Gasteiger charge is -2.25. The molecule has 226 valence electrons. The summed E-state index contributed by atoms with van der Waals surface area (Å²) in [4.78, 5) is 30.5. The van der Waals surface area contributed by atoms with E-state index >= 15 is 8.78 Å². The van der Waals surface area contributed by atoms with Gasteiger partial charge in [-0.25, -0.2) is 28.3 Å². The van der Waals surface area contributed by atoms with Gasteiger partial charge in [-0.3, -0.25) is 23.4 Å². The minimum absolute atomic E-state index is 0.00938. The smallest absolute Gasteiger partial charge is 0.386 e. The molecule has 0 aliphatic carbocycles. The van der Waals surface area contributed by atoms with E-state index in [4.69, 9.17) is 25.3 Å². The average Bonchev–Trinajstić information content (AvgIpc) is 3.69. The van der Waals surface area contributed by atoms with Crippen LogP contribution in [0.1, 0.15) is 11.6 Å². The number of halogens is 2. The number of imidazole rings is 1. The van der Waals surface area contributed by atoms with Gasteiger partial charge in [-0.2, -0.15) is 4.98 Å². The number of fused-ring (bicyclic) bond motifs is 2. The van der Waals surface area contributed by atoms with Crippen molar-refractivity contribution in [2.24, 2.45) is 0 Å². The summed E-state index contributed by atoms with van der Waals surface area (Å²) in [6, 6.07) is 1.57. The number of thiol groups is 1. The Morgan fingerprint density at radius 1 is 1.21 bits per heavy atom. The van der Waals surface area contributed by atoms with Crippen molar-refractivity contribution < 1.29 is 37.3 Å². The molecule has 0 aromatic carbocycles. The number of nitrogens with zero attached hydrogens (tertiary/aromatic N) is 6. The quantitative estimate of drug-likeness (QED) is 0.114. The van der Waals surface area contributed by atoms with E-state index in [1.165, 1.54) is 28.0 Å². The van der Waals surface area contributed by atoms with Crippen molar-refractivity contribution in [1.29, 1.82) is 0 Å². The first-order valence-corrected chi connectivity index (χ1v) is 16.0. The van der Waals surface area contributed by atoms with Crippen molar-refractivity contribution in [2.75, 3.05) is 24.7 Å². The number of rotatable bonds is 8. The number of nitrogen functional groups attached to an aromatic ring is 2. The third kappa shape index (κ3) is 5.04. The van der Waals surface area contributed by atoms with Gasteiger partial charge in [0.05, 0.1) is 30.2 Å². The standard InChI is InChI=1S/C21H24F2N9O7PS2/c22-10-9(3-33)42-20(32-6-28-12-17(32)29-21(25)30-18(12)35)14(10)39-40(36,41)37-4-8-13(34)11(23)19(38-8)31-2-1-7-15(24)26-5-27-16(7)31/h1-2,5-6,8-11,13-14,19-20,33-34H,3-4H2,(H,36,41)(H2,24,26,27)(H3,25,29,30,35)/t8-,9-,10+,11+,13-,14-,19-,20-,40-/m1/s1. The number of anilines is 2. The van der Waals surface area contributed by atoms with Gasteiger partial charge >= 0.3 is 6.80 Å². The second-order valence-electron chi connectivity index (χ2n) is 9.52. The van der Waals surface area contributed by atoms with Crippen LogP contribution in [0, 0.1) is 0 Å². The van der Waals surface area contributed by atoms with Crippen molar-refractivity contribution in [1.82, 2.24) is 34.1 Å². The Labute approximate surface area is 243 Å². The van der Waals surface area contributed by atoms with Gasteiger partial charge in [0.25, 0.3) is 5.56 Å². The molecule has 2 fully saturated rings. The van der Waals surface area contributed by atoms with Gasteiger partial charge in [-0.05, 0) is 6.07 Å². The van der Waals surface area contributed by atoms with Crippen molar-refractivity contribution in [2.45, 2.75) is 47.5 Å². The minimum Gasteiger partial charge on any atom is -0.395 e. The van der Waals surface area contributed by atoms with Gasteiger partial charge in [0.1, 0.15) is 47.6 Å². The van der Waals surface area contributed by atoms with Crippen LogP contribution in [-0.2, 0) is 18.3 Å². The number of aromatic nitrogens is 7. The maximum Gasteiger partial charge on any atom is 0.386 e. The number of aliphatic hydroxyl groups is 2. The Balaban J connectivity index is 1.19. The predicted octanol–water partition coefficient (Wildman–Crippen LogP) is 0.709. The number of thioether (sulfide) groups is 1. The van der Waals surface area contributed by atoms with Gasteiger partial charge in [0.15, 0.2) is 23.6 Å². The van der Waals surface area contributed by atoms with Crippen LogP contribution < -0.4 is 17.0 Å². The number of nitrogens with two attached hydrogens (primary N) is 2. The fraction of sp³-hybridized carbons (Fsp3) is 0.476. The molecule has 2 aliphatic rings. The van der Waals surface area contributed by atoms with E-state index in [0.717, 1.165) is 11.8 Å². The highest BCUT2D eigenvalue weighted by Gasteiger charge is 2.51. The van der Waals surface area contributed by atoms with Gasteiger partial charge in [-0.1, -0.05) is 12.2 Å². The highest BCUT2D eigenvalue weighted by Crippen LogP contribution is 2.59. The van der Waals surface area contributed by atoms with E-state index in [-0.39, 0.29) is 28.6 Å². The number of aromatic amines is 1. The fourth-order valence-electron chi connectivity index (χ4n) is 4.92. The Morgan fingerprint density at radius 2 is 2.00 bits per heavy atom. The van der Waals surface area contributed by atoms with Gasteiger partial charge in [-0.15, -0.1) is 11.8 Å². The molecule has 2 saturated heterocycles. The van der Waals surface area contributed by atoms with E-state index in [1.54, 1.807) is 6.07 Å². The van der Waals surface area contributed by atoms with E-state index in [1.807, 2.05) is 0 Å². The van der Waals surface area contributed by atoms with Gasteiger partial charge in [0, 0.05) is 6.20 Å². The molecule has 6 heterocycles. The molecule has 16 nitrogen and oxygen atoms in total. The second kappa shape index (κ2) is 11.0. The molecule has 0 bridgehead atoms. The van der Waals surface area contributed by atoms with Crippen LogP contribution in [0.2, 0.25) is 0 Å². The van der Waals surface area contributed by atoms with Crippen molar-refractivity contribution in [3.8, 4) is 0 Å². The molecule has 0 unspecified atom stereocenters. The lowest BCUT2D eigenvalue weighted by molar-refractivity contribution is -0.0441. The van der Waals surface area contributed by atoms with E-state index in [2.05, 4.69) is 37.2 Å². The molecule has 7 N–H and O–H groups in total. The largest absolute Gasteiger partial charge is 0.395 e. The zero-order valence-electron chi connectivity index (χ0n) is 21.2. The van der Waals surface area contributed by atoms with Crippen molar-refractivity contribution >= 4 is 64.8 Å². The van der Waals surface area contributed by atoms with Crippen LogP contribution in [0.25, 0.3) is 22.2 Å². The summed E-state index contributed by atoms with van der Waals surface area (Å²) < 4.78 is 62.9. The summed E-state index contributed by atoms with van der Waals surface area (Å²) >= 11 is 4.89. The van der Waals surface area contributed by atoms with Crippen LogP contribution in [0.3, 0.4) is 0 Å². The van der Waals surface area contributed by atoms with E-state index < -0.39 is 73.1 Å². The zero-order valence-corrected chi connectivity index (χ0v) is 23.8. The van der Waals surface area contributed by atoms with Crippen LogP contribution in [-0.4, -0.2) is 93.4 Å². The summed E-state index contributed by atoms with van der Waals surface area (Å²) in [6.45, 7) is -5.63. The molecule has 6 rings (SSSR count). The van der Waals surface area contributed by atoms with Crippen LogP contribution in [0.5, 0.6) is 0 Å². The lowest BCUT2D eigenvalue weighted by atomic mass is 10.1. The average molecular weight is 648 g/mol. The molecular formula is C21H24F2N9O7PS2. The molecule has 9 atom stereocenters. The van der Waals surface area contributed by atoms with Crippen LogP contribution in [0.15, 0.2) is 29.7 Å².